The third-order valence-electron chi connectivity index (χ3n) is 3.07. The van der Waals surface area contributed by atoms with Gasteiger partial charge in [-0.3, -0.25) is 5.43 Å². The largest absolute Gasteiger partial charge is 0.494 e. The molecular weight excluding hydrogens is 365 g/mol. The summed E-state index contributed by atoms with van der Waals surface area (Å²) in [5, 5.41) is 8.82. The van der Waals surface area contributed by atoms with Gasteiger partial charge in [0.05, 0.1) is 12.3 Å². The van der Waals surface area contributed by atoms with Crippen LogP contribution in [0.25, 0.3) is 0 Å². The third-order valence-corrected chi connectivity index (χ3v) is 3.82. The maximum Gasteiger partial charge on any atom is 0.191 e. The fourth-order valence-corrected chi connectivity index (χ4v) is 2.52. The van der Waals surface area contributed by atoms with Crippen molar-refractivity contribution in [3.8, 4) is 5.75 Å². The summed E-state index contributed by atoms with van der Waals surface area (Å²) in [5.41, 5.74) is 5.06. The number of thiocarbonyl (C=S) groups is 1. The van der Waals surface area contributed by atoms with Crippen molar-refractivity contribution in [3.63, 3.8) is 0 Å². The van der Waals surface area contributed by atoms with E-state index < -0.39 is 0 Å². The summed E-state index contributed by atoms with van der Waals surface area (Å²) in [6.07, 6.45) is 0. The molecular formula is C17H17Cl2N3OS. The normalized spacial score (nSPS) is 11.1. The van der Waals surface area contributed by atoms with Crippen LogP contribution in [0.5, 0.6) is 5.75 Å². The molecule has 126 valence electrons. The Morgan fingerprint density at radius 2 is 1.88 bits per heavy atom. The molecule has 0 aliphatic heterocycles. The van der Waals surface area contributed by atoms with Crippen LogP contribution in [0.15, 0.2) is 47.6 Å². The Bertz CT molecular complexity index is 748. The van der Waals surface area contributed by atoms with Crippen LogP contribution in [-0.4, -0.2) is 17.4 Å². The van der Waals surface area contributed by atoms with Crippen LogP contribution >= 0.6 is 35.4 Å². The van der Waals surface area contributed by atoms with Gasteiger partial charge in [-0.15, -0.1) is 0 Å². The van der Waals surface area contributed by atoms with Crippen molar-refractivity contribution in [2.75, 3.05) is 11.9 Å². The molecule has 0 spiro atoms. The van der Waals surface area contributed by atoms with E-state index in [1.165, 1.54) is 0 Å². The van der Waals surface area contributed by atoms with Gasteiger partial charge in [0.15, 0.2) is 5.11 Å². The summed E-state index contributed by atoms with van der Waals surface area (Å²) < 4.78 is 5.39. The molecule has 2 rings (SSSR count). The molecule has 2 aromatic carbocycles. The number of hydrazone groups is 1. The summed E-state index contributed by atoms with van der Waals surface area (Å²) in [6, 6.07) is 12.7. The Morgan fingerprint density at radius 1 is 1.17 bits per heavy atom. The molecule has 0 radical (unpaired) electrons. The molecule has 0 atom stereocenters. The zero-order valence-electron chi connectivity index (χ0n) is 13.3. The van der Waals surface area contributed by atoms with E-state index in [2.05, 4.69) is 15.8 Å². The number of ether oxygens (including phenoxy) is 1. The van der Waals surface area contributed by atoms with Crippen molar-refractivity contribution < 1.29 is 4.74 Å². The number of hydrogen-bond acceptors (Lipinski definition) is 3. The lowest BCUT2D eigenvalue weighted by Gasteiger charge is -2.10. The fraction of sp³-hybridized carbons (Fsp3) is 0.176. The van der Waals surface area contributed by atoms with Gasteiger partial charge < -0.3 is 10.1 Å². The second kappa shape index (κ2) is 8.87. The smallest absolute Gasteiger partial charge is 0.191 e. The topological polar surface area (TPSA) is 45.6 Å². The second-order valence-electron chi connectivity index (χ2n) is 4.84. The van der Waals surface area contributed by atoms with Crippen molar-refractivity contribution >= 4 is 51.9 Å². The predicted octanol–water partition coefficient (Wildman–Crippen LogP) is 5.10. The Hall–Kier alpha value is -1.82. The SMILES string of the molecule is CCOc1ccc(NC(=S)NN=C(C)c2cc(Cl)ccc2Cl)cc1. The molecule has 0 unspecified atom stereocenters. The van der Waals surface area contributed by atoms with E-state index in [1.807, 2.05) is 38.1 Å². The van der Waals surface area contributed by atoms with E-state index in [0.29, 0.717) is 27.5 Å². The Kier molecular flexibility index (Phi) is 6.85. The van der Waals surface area contributed by atoms with Crippen molar-refractivity contribution in [1.82, 2.24) is 5.43 Å². The molecule has 0 amide bonds. The Morgan fingerprint density at radius 3 is 2.54 bits per heavy atom. The second-order valence-corrected chi connectivity index (χ2v) is 6.10. The van der Waals surface area contributed by atoms with Crippen molar-refractivity contribution in [2.24, 2.45) is 5.10 Å². The fourth-order valence-electron chi connectivity index (χ4n) is 1.93. The van der Waals surface area contributed by atoms with E-state index in [-0.39, 0.29) is 0 Å². The molecule has 0 aliphatic rings. The number of nitrogens with zero attached hydrogens (tertiary/aromatic N) is 1. The highest BCUT2D eigenvalue weighted by molar-refractivity contribution is 7.80. The van der Waals surface area contributed by atoms with Crippen LogP contribution in [0.2, 0.25) is 10.0 Å². The number of halogens is 2. The molecule has 0 aromatic heterocycles. The summed E-state index contributed by atoms with van der Waals surface area (Å²) >= 11 is 17.4. The van der Waals surface area contributed by atoms with Gasteiger partial charge in [-0.1, -0.05) is 23.2 Å². The summed E-state index contributed by atoms with van der Waals surface area (Å²) in [6.45, 7) is 4.40. The van der Waals surface area contributed by atoms with Crippen LogP contribution < -0.4 is 15.5 Å². The first-order valence-corrected chi connectivity index (χ1v) is 8.45. The van der Waals surface area contributed by atoms with Gasteiger partial charge in [0, 0.05) is 21.3 Å². The number of benzene rings is 2. The minimum absolute atomic E-state index is 0.372. The molecule has 0 saturated heterocycles. The molecule has 24 heavy (non-hydrogen) atoms. The monoisotopic (exact) mass is 381 g/mol. The molecule has 2 aromatic rings. The average molecular weight is 382 g/mol. The van der Waals surface area contributed by atoms with E-state index >= 15 is 0 Å². The van der Waals surface area contributed by atoms with Gasteiger partial charge in [0.1, 0.15) is 5.75 Å². The zero-order chi connectivity index (χ0) is 17.5. The molecule has 0 bridgehead atoms. The number of rotatable bonds is 5. The molecule has 2 N–H and O–H groups in total. The molecule has 0 aliphatic carbocycles. The van der Waals surface area contributed by atoms with Gasteiger partial charge in [-0.2, -0.15) is 5.10 Å². The number of anilines is 1. The van der Waals surface area contributed by atoms with Crippen LogP contribution in [-0.2, 0) is 0 Å². The molecule has 0 saturated carbocycles. The highest BCUT2D eigenvalue weighted by Crippen LogP contribution is 2.21. The van der Waals surface area contributed by atoms with E-state index in [4.69, 9.17) is 40.2 Å². The van der Waals surface area contributed by atoms with Crippen LogP contribution in [0, 0.1) is 0 Å². The van der Waals surface area contributed by atoms with Gasteiger partial charge in [-0.25, -0.2) is 0 Å². The van der Waals surface area contributed by atoms with E-state index in [0.717, 1.165) is 17.0 Å². The Labute approximate surface area is 156 Å². The third kappa shape index (κ3) is 5.37. The van der Waals surface area contributed by atoms with E-state index in [9.17, 15) is 0 Å². The quantitative estimate of drug-likeness (QED) is 0.429. The lowest BCUT2D eigenvalue weighted by molar-refractivity contribution is 0.340. The molecule has 0 heterocycles. The van der Waals surface area contributed by atoms with Crippen LogP contribution in [0.1, 0.15) is 19.4 Å². The predicted molar refractivity (Wildman–Crippen MR) is 106 cm³/mol. The van der Waals surface area contributed by atoms with Crippen LogP contribution in [0.4, 0.5) is 5.69 Å². The van der Waals surface area contributed by atoms with Crippen LogP contribution in [0.3, 0.4) is 0 Å². The number of hydrogen-bond donors (Lipinski definition) is 2. The highest BCUT2D eigenvalue weighted by Gasteiger charge is 2.05. The first kappa shape index (κ1) is 18.5. The number of nitrogens with one attached hydrogen (secondary N) is 2. The molecule has 7 heteroatoms. The first-order chi connectivity index (χ1) is 11.5. The highest BCUT2D eigenvalue weighted by atomic mass is 35.5. The van der Waals surface area contributed by atoms with Crippen molar-refractivity contribution in [3.05, 3.63) is 58.1 Å². The van der Waals surface area contributed by atoms with Gasteiger partial charge in [0.2, 0.25) is 0 Å². The van der Waals surface area contributed by atoms with Crippen molar-refractivity contribution in [2.45, 2.75) is 13.8 Å². The van der Waals surface area contributed by atoms with Gasteiger partial charge in [0.25, 0.3) is 0 Å². The van der Waals surface area contributed by atoms with E-state index in [1.54, 1.807) is 18.2 Å². The Balaban J connectivity index is 1.97. The van der Waals surface area contributed by atoms with Gasteiger partial charge in [-0.05, 0) is 68.5 Å². The standard InChI is InChI=1S/C17H17Cl2N3OS/c1-3-23-14-7-5-13(6-8-14)20-17(24)22-21-11(2)15-10-12(18)4-9-16(15)19/h4-10H,3H2,1-2H3,(H2,20,22,24). The minimum Gasteiger partial charge on any atom is -0.494 e. The zero-order valence-corrected chi connectivity index (χ0v) is 15.6. The summed E-state index contributed by atoms with van der Waals surface area (Å²) in [7, 11) is 0. The lowest BCUT2D eigenvalue weighted by Crippen LogP contribution is -2.25. The van der Waals surface area contributed by atoms with Crippen molar-refractivity contribution in [1.29, 1.82) is 0 Å². The molecule has 4 nitrogen and oxygen atoms in total. The first-order valence-electron chi connectivity index (χ1n) is 7.29. The minimum atomic E-state index is 0.372. The summed E-state index contributed by atoms with van der Waals surface area (Å²) in [4.78, 5) is 0. The van der Waals surface area contributed by atoms with Gasteiger partial charge >= 0.3 is 0 Å². The maximum absolute atomic E-state index is 6.15. The summed E-state index contributed by atoms with van der Waals surface area (Å²) in [5.74, 6) is 0.811. The lowest BCUT2D eigenvalue weighted by atomic mass is 10.1. The average Bonchev–Trinajstić information content (AvgIpc) is 2.57. The maximum atomic E-state index is 6.15. The molecule has 0 fully saturated rings.